The van der Waals surface area contributed by atoms with Crippen LogP contribution in [0.25, 0.3) is 0 Å². The molecule has 1 aliphatic rings. The monoisotopic (exact) mass is 337 g/mol. The summed E-state index contributed by atoms with van der Waals surface area (Å²) in [5.74, 6) is 2.18. The van der Waals surface area contributed by atoms with Crippen molar-refractivity contribution in [2.75, 3.05) is 23.8 Å². The smallest absolute Gasteiger partial charge is 0.243 e. The van der Waals surface area contributed by atoms with Gasteiger partial charge in [-0.1, -0.05) is 6.07 Å². The van der Waals surface area contributed by atoms with Gasteiger partial charge < -0.3 is 5.11 Å². The SMILES string of the molecule is O=S(=O)(NCC1CSCCS1)c1cc(CO)ccc1F. The number of benzene rings is 1. The number of thioether (sulfide) groups is 2. The summed E-state index contributed by atoms with van der Waals surface area (Å²) in [4.78, 5) is -0.405. The highest BCUT2D eigenvalue weighted by Gasteiger charge is 2.22. The first-order valence-corrected chi connectivity index (χ1v) is 9.80. The van der Waals surface area contributed by atoms with Crippen molar-refractivity contribution in [3.05, 3.63) is 29.6 Å². The van der Waals surface area contributed by atoms with Crippen molar-refractivity contribution in [2.24, 2.45) is 0 Å². The van der Waals surface area contributed by atoms with Crippen molar-refractivity contribution in [2.45, 2.75) is 16.8 Å². The predicted molar refractivity (Wildman–Crippen MR) is 81.1 cm³/mol. The molecule has 2 N–H and O–H groups in total. The third kappa shape index (κ3) is 4.11. The largest absolute Gasteiger partial charge is 0.392 e. The first-order chi connectivity index (χ1) is 9.53. The normalized spacial score (nSPS) is 20.0. The van der Waals surface area contributed by atoms with Crippen molar-refractivity contribution >= 4 is 33.5 Å². The second kappa shape index (κ2) is 7.13. The van der Waals surface area contributed by atoms with Gasteiger partial charge in [-0.15, -0.1) is 0 Å². The molecule has 1 aromatic carbocycles. The molecule has 0 amide bonds. The van der Waals surface area contributed by atoms with Gasteiger partial charge in [0.25, 0.3) is 0 Å². The van der Waals surface area contributed by atoms with E-state index in [0.717, 1.165) is 23.3 Å². The number of aliphatic hydroxyl groups is 1. The van der Waals surface area contributed by atoms with E-state index in [4.69, 9.17) is 5.11 Å². The molecule has 8 heteroatoms. The zero-order chi connectivity index (χ0) is 14.6. The third-order valence-corrected chi connectivity index (χ3v) is 7.14. The minimum Gasteiger partial charge on any atom is -0.392 e. The molecule has 0 spiro atoms. The van der Waals surface area contributed by atoms with Crippen LogP contribution in [0.1, 0.15) is 5.56 Å². The Balaban J connectivity index is 2.09. The van der Waals surface area contributed by atoms with E-state index in [-0.39, 0.29) is 11.9 Å². The van der Waals surface area contributed by atoms with Crippen LogP contribution in [0, 0.1) is 5.82 Å². The van der Waals surface area contributed by atoms with Crippen LogP contribution in [0.2, 0.25) is 0 Å². The lowest BCUT2D eigenvalue weighted by atomic mass is 10.2. The summed E-state index contributed by atoms with van der Waals surface area (Å²) >= 11 is 3.53. The highest BCUT2D eigenvalue weighted by molar-refractivity contribution is 8.06. The van der Waals surface area contributed by atoms with E-state index >= 15 is 0 Å². The summed E-state index contributed by atoms with van der Waals surface area (Å²) in [6, 6.07) is 3.59. The van der Waals surface area contributed by atoms with Crippen molar-refractivity contribution in [1.29, 1.82) is 0 Å². The standard InChI is InChI=1S/C12H16FNO3S3/c13-11-2-1-9(7-15)5-12(11)20(16,17)14-6-10-8-18-3-4-19-10/h1-2,5,10,14-15H,3-4,6-8H2. The highest BCUT2D eigenvalue weighted by Crippen LogP contribution is 2.24. The van der Waals surface area contributed by atoms with Crippen LogP contribution in [0.4, 0.5) is 4.39 Å². The number of nitrogens with one attached hydrogen (secondary N) is 1. The van der Waals surface area contributed by atoms with Crippen molar-refractivity contribution < 1.29 is 17.9 Å². The van der Waals surface area contributed by atoms with Crippen LogP contribution in [0.15, 0.2) is 23.1 Å². The van der Waals surface area contributed by atoms with E-state index in [2.05, 4.69) is 4.72 Å². The molecule has 1 fully saturated rings. The number of halogens is 1. The van der Waals surface area contributed by atoms with Gasteiger partial charge in [-0.05, 0) is 17.7 Å². The topological polar surface area (TPSA) is 66.4 Å². The molecule has 1 unspecified atom stereocenters. The number of hydrogen-bond acceptors (Lipinski definition) is 5. The van der Waals surface area contributed by atoms with Gasteiger partial charge in [0, 0.05) is 29.1 Å². The summed E-state index contributed by atoms with van der Waals surface area (Å²) in [5.41, 5.74) is 0.370. The third-order valence-electron chi connectivity index (χ3n) is 2.85. The molecule has 0 aliphatic carbocycles. The van der Waals surface area contributed by atoms with Crippen molar-refractivity contribution in [3.63, 3.8) is 0 Å². The van der Waals surface area contributed by atoms with Crippen LogP contribution >= 0.6 is 23.5 Å². The lowest BCUT2D eigenvalue weighted by Gasteiger charge is -2.21. The fraction of sp³-hybridized carbons (Fsp3) is 0.500. The quantitative estimate of drug-likeness (QED) is 0.851. The average molecular weight is 337 g/mol. The van der Waals surface area contributed by atoms with Crippen LogP contribution in [-0.4, -0.2) is 42.6 Å². The van der Waals surface area contributed by atoms with Crippen molar-refractivity contribution in [3.8, 4) is 0 Å². The van der Waals surface area contributed by atoms with Crippen molar-refractivity contribution in [1.82, 2.24) is 4.72 Å². The molecule has 112 valence electrons. The van der Waals surface area contributed by atoms with E-state index in [9.17, 15) is 12.8 Å². The van der Waals surface area contributed by atoms with E-state index < -0.39 is 20.7 Å². The molecule has 1 heterocycles. The molecule has 0 bridgehead atoms. The Hall–Kier alpha value is -0.280. The van der Waals surface area contributed by atoms with E-state index in [0.29, 0.717) is 12.1 Å². The molecule has 1 atom stereocenters. The van der Waals surface area contributed by atoms with E-state index in [1.807, 2.05) is 0 Å². The maximum absolute atomic E-state index is 13.7. The zero-order valence-electron chi connectivity index (χ0n) is 10.7. The van der Waals surface area contributed by atoms with Crippen LogP contribution < -0.4 is 4.72 Å². The predicted octanol–water partition coefficient (Wildman–Crippen LogP) is 1.44. The summed E-state index contributed by atoms with van der Waals surface area (Å²) < 4.78 is 40.3. The van der Waals surface area contributed by atoms with Gasteiger partial charge in [0.15, 0.2) is 0 Å². The zero-order valence-corrected chi connectivity index (χ0v) is 13.2. The van der Waals surface area contributed by atoms with Crippen LogP contribution in [0.3, 0.4) is 0 Å². The molecule has 2 rings (SSSR count). The van der Waals surface area contributed by atoms with Gasteiger partial charge >= 0.3 is 0 Å². The lowest BCUT2D eigenvalue weighted by Crippen LogP contribution is -2.33. The maximum Gasteiger partial charge on any atom is 0.243 e. The van der Waals surface area contributed by atoms with Gasteiger partial charge in [-0.3, -0.25) is 0 Å². The Labute approximate surface area is 126 Å². The fourth-order valence-electron chi connectivity index (χ4n) is 1.79. The molecule has 20 heavy (non-hydrogen) atoms. The first kappa shape index (κ1) is 16.1. The van der Waals surface area contributed by atoms with E-state index in [1.54, 1.807) is 23.5 Å². The molecular weight excluding hydrogens is 321 g/mol. The number of aliphatic hydroxyl groups excluding tert-OH is 1. The second-order valence-electron chi connectivity index (χ2n) is 4.34. The minimum absolute atomic E-state index is 0.215. The Kier molecular flexibility index (Phi) is 5.74. The average Bonchev–Trinajstić information content (AvgIpc) is 2.47. The number of hydrogen-bond donors (Lipinski definition) is 2. The number of sulfonamides is 1. The highest BCUT2D eigenvalue weighted by atomic mass is 32.2. The van der Waals surface area contributed by atoms with Crippen LogP contribution in [-0.2, 0) is 16.6 Å². The molecule has 0 radical (unpaired) electrons. The Morgan fingerprint density at radius 3 is 2.85 bits per heavy atom. The molecule has 1 aliphatic heterocycles. The molecule has 0 aromatic heterocycles. The van der Waals surface area contributed by atoms with Gasteiger partial charge in [0.2, 0.25) is 10.0 Å². The lowest BCUT2D eigenvalue weighted by molar-refractivity contribution is 0.281. The summed E-state index contributed by atoms with van der Waals surface area (Å²) in [5, 5.41) is 9.22. The molecule has 4 nitrogen and oxygen atoms in total. The van der Waals surface area contributed by atoms with Gasteiger partial charge in [-0.25, -0.2) is 17.5 Å². The Morgan fingerprint density at radius 1 is 1.40 bits per heavy atom. The van der Waals surface area contributed by atoms with Crippen LogP contribution in [0.5, 0.6) is 0 Å². The Morgan fingerprint density at radius 2 is 2.20 bits per heavy atom. The summed E-state index contributed by atoms with van der Waals surface area (Å²) in [6.45, 7) is -0.0271. The molecule has 0 saturated carbocycles. The molecule has 1 saturated heterocycles. The van der Waals surface area contributed by atoms with E-state index in [1.165, 1.54) is 12.1 Å². The van der Waals surface area contributed by atoms with Gasteiger partial charge in [0.1, 0.15) is 10.7 Å². The van der Waals surface area contributed by atoms with Gasteiger partial charge in [-0.2, -0.15) is 23.5 Å². The Bertz CT molecular complexity index is 559. The molecular formula is C12H16FNO3S3. The molecule has 1 aromatic rings. The summed E-state index contributed by atoms with van der Waals surface area (Å²) in [7, 11) is -3.88. The number of rotatable bonds is 5. The maximum atomic E-state index is 13.7. The van der Waals surface area contributed by atoms with Gasteiger partial charge in [0.05, 0.1) is 6.61 Å². The minimum atomic E-state index is -3.88. The first-order valence-electron chi connectivity index (χ1n) is 6.11. The second-order valence-corrected chi connectivity index (χ2v) is 8.64. The fourth-order valence-corrected chi connectivity index (χ4v) is 5.71. The summed E-state index contributed by atoms with van der Waals surface area (Å²) in [6.07, 6.45) is 0.